The second kappa shape index (κ2) is 10.6. The maximum Gasteiger partial charge on any atom is 0.227 e. The molecular formula is C40H24N4O2. The number of hydrogen-bond acceptors (Lipinski definition) is 6. The van der Waals surface area contributed by atoms with Gasteiger partial charge in [-0.2, -0.15) is 0 Å². The van der Waals surface area contributed by atoms with Crippen LogP contribution in [0.15, 0.2) is 154 Å². The summed E-state index contributed by atoms with van der Waals surface area (Å²) >= 11 is 0. The highest BCUT2D eigenvalue weighted by molar-refractivity contribution is 6.07. The molecule has 3 aromatic heterocycles. The number of para-hydroxylation sites is 1. The van der Waals surface area contributed by atoms with Crippen molar-refractivity contribution in [3.05, 3.63) is 146 Å². The zero-order chi connectivity index (χ0) is 30.5. The number of rotatable bonds is 5. The summed E-state index contributed by atoms with van der Waals surface area (Å²) in [6.07, 6.45) is 0. The number of fused-ring (bicyclic) bond motifs is 4. The fourth-order valence-corrected chi connectivity index (χ4v) is 5.90. The Morgan fingerprint density at radius 2 is 0.978 bits per heavy atom. The summed E-state index contributed by atoms with van der Waals surface area (Å²) in [7, 11) is 0. The highest BCUT2D eigenvalue weighted by Crippen LogP contribution is 2.37. The molecule has 6 heteroatoms. The van der Waals surface area contributed by atoms with Crippen molar-refractivity contribution < 1.29 is 8.83 Å². The molecule has 6 nitrogen and oxygen atoms in total. The Hall–Kier alpha value is -6.40. The summed E-state index contributed by atoms with van der Waals surface area (Å²) in [6.45, 7) is 0. The number of benzene rings is 6. The summed E-state index contributed by atoms with van der Waals surface area (Å²) < 4.78 is 12.7. The Balaban J connectivity index is 1.15. The van der Waals surface area contributed by atoms with Crippen molar-refractivity contribution in [1.82, 2.24) is 19.9 Å². The van der Waals surface area contributed by atoms with Gasteiger partial charge < -0.3 is 8.83 Å². The van der Waals surface area contributed by atoms with Gasteiger partial charge in [0, 0.05) is 38.6 Å². The molecule has 6 aromatic carbocycles. The van der Waals surface area contributed by atoms with Crippen LogP contribution < -0.4 is 0 Å². The van der Waals surface area contributed by atoms with Crippen LogP contribution in [0.4, 0.5) is 0 Å². The first kappa shape index (κ1) is 26.0. The van der Waals surface area contributed by atoms with E-state index in [9.17, 15) is 0 Å². The highest BCUT2D eigenvalue weighted by Gasteiger charge is 2.17. The van der Waals surface area contributed by atoms with Crippen molar-refractivity contribution in [2.75, 3.05) is 0 Å². The molecule has 0 fully saturated rings. The Morgan fingerprint density at radius 3 is 1.65 bits per heavy atom. The molecule has 0 spiro atoms. The lowest BCUT2D eigenvalue weighted by Gasteiger charge is -2.08. The van der Waals surface area contributed by atoms with E-state index in [-0.39, 0.29) is 0 Å². The Labute approximate surface area is 263 Å². The third kappa shape index (κ3) is 4.52. The van der Waals surface area contributed by atoms with Gasteiger partial charge in [0.25, 0.3) is 0 Å². The quantitative estimate of drug-likeness (QED) is 0.198. The van der Waals surface area contributed by atoms with E-state index >= 15 is 0 Å². The van der Waals surface area contributed by atoms with Gasteiger partial charge in [-0.1, -0.05) is 97.1 Å². The minimum Gasteiger partial charge on any atom is -0.456 e. The van der Waals surface area contributed by atoms with Crippen LogP contribution in [0.1, 0.15) is 0 Å². The number of furan rings is 1. The van der Waals surface area contributed by atoms with Crippen LogP contribution in [0.5, 0.6) is 0 Å². The Bertz CT molecular complexity index is 2460. The molecule has 9 aromatic rings. The van der Waals surface area contributed by atoms with Crippen LogP contribution in [-0.4, -0.2) is 19.9 Å². The van der Waals surface area contributed by atoms with E-state index < -0.39 is 0 Å². The summed E-state index contributed by atoms with van der Waals surface area (Å²) in [4.78, 5) is 19.4. The van der Waals surface area contributed by atoms with Crippen LogP contribution in [0.2, 0.25) is 0 Å². The largest absolute Gasteiger partial charge is 0.456 e. The summed E-state index contributed by atoms with van der Waals surface area (Å²) in [6, 6.07) is 48.3. The molecule has 3 heterocycles. The average molecular weight is 593 g/mol. The minimum atomic E-state index is 0.601. The van der Waals surface area contributed by atoms with Gasteiger partial charge >= 0.3 is 0 Å². The first-order chi connectivity index (χ1) is 22.8. The lowest BCUT2D eigenvalue weighted by Crippen LogP contribution is -2.00. The van der Waals surface area contributed by atoms with Crippen molar-refractivity contribution >= 4 is 33.0 Å². The molecule has 9 rings (SSSR count). The van der Waals surface area contributed by atoms with E-state index in [1.165, 1.54) is 0 Å². The van der Waals surface area contributed by atoms with Gasteiger partial charge in [0.1, 0.15) is 16.7 Å². The summed E-state index contributed by atoms with van der Waals surface area (Å²) in [5, 5.41) is 2.00. The average Bonchev–Trinajstić information content (AvgIpc) is 3.74. The second-order valence-corrected chi connectivity index (χ2v) is 11.1. The fraction of sp³-hybridized carbons (Fsp3) is 0. The third-order valence-corrected chi connectivity index (χ3v) is 8.18. The standard InChI is InChI=1S/C40H24N4O2/c1-4-11-25(12-5-1)37-42-38(26-13-6-2-7-14-26)44-39(43-37)29-20-22-34-32(23-29)31-21-19-28(24-35(31)45-34)30-17-10-18-33-36(30)46-40(41-33)27-15-8-3-9-16-27/h1-24H. The topological polar surface area (TPSA) is 77.8 Å². The molecule has 0 saturated heterocycles. The van der Waals surface area contributed by atoms with Gasteiger partial charge in [0.15, 0.2) is 23.1 Å². The predicted octanol–water partition coefficient (Wildman–Crippen LogP) is 10.2. The molecule has 0 aliphatic carbocycles. The zero-order valence-corrected chi connectivity index (χ0v) is 24.5. The van der Waals surface area contributed by atoms with Gasteiger partial charge in [-0.25, -0.2) is 19.9 Å². The van der Waals surface area contributed by atoms with E-state index in [1.54, 1.807) is 0 Å². The number of nitrogens with zero attached hydrogens (tertiary/aromatic N) is 4. The number of aromatic nitrogens is 4. The highest BCUT2D eigenvalue weighted by atomic mass is 16.3. The molecule has 0 atom stereocenters. The molecule has 0 amide bonds. The van der Waals surface area contributed by atoms with Crippen LogP contribution in [-0.2, 0) is 0 Å². The van der Waals surface area contributed by atoms with E-state index in [0.29, 0.717) is 23.4 Å². The van der Waals surface area contributed by atoms with Crippen molar-refractivity contribution in [2.24, 2.45) is 0 Å². The van der Waals surface area contributed by atoms with Gasteiger partial charge in [-0.05, 0) is 54.1 Å². The predicted molar refractivity (Wildman–Crippen MR) is 182 cm³/mol. The molecule has 46 heavy (non-hydrogen) atoms. The molecule has 216 valence electrons. The smallest absolute Gasteiger partial charge is 0.227 e. The molecule has 0 N–H and O–H groups in total. The SMILES string of the molecule is c1ccc(-c2nc(-c3ccccc3)nc(-c3ccc4oc5cc(-c6cccc7nc(-c8ccccc8)oc67)ccc5c4c3)n2)cc1. The van der Waals surface area contributed by atoms with E-state index in [2.05, 4.69) is 30.3 Å². The lowest BCUT2D eigenvalue weighted by atomic mass is 10.0. The molecule has 0 unspecified atom stereocenters. The molecule has 0 bridgehead atoms. The van der Waals surface area contributed by atoms with Crippen LogP contribution in [0.25, 0.3) is 89.8 Å². The first-order valence-electron chi connectivity index (χ1n) is 15.1. The molecule has 0 radical (unpaired) electrons. The first-order valence-corrected chi connectivity index (χ1v) is 15.1. The summed E-state index contributed by atoms with van der Waals surface area (Å²) in [5.74, 6) is 2.46. The molecule has 0 aliphatic heterocycles. The molecule has 0 saturated carbocycles. The third-order valence-electron chi connectivity index (χ3n) is 8.18. The van der Waals surface area contributed by atoms with Crippen LogP contribution >= 0.6 is 0 Å². The van der Waals surface area contributed by atoms with Crippen molar-refractivity contribution in [1.29, 1.82) is 0 Å². The van der Waals surface area contributed by atoms with Crippen molar-refractivity contribution in [3.8, 4) is 56.7 Å². The minimum absolute atomic E-state index is 0.601. The van der Waals surface area contributed by atoms with Crippen molar-refractivity contribution in [3.63, 3.8) is 0 Å². The Kier molecular flexibility index (Phi) is 6.03. The van der Waals surface area contributed by atoms with Crippen molar-refractivity contribution in [2.45, 2.75) is 0 Å². The zero-order valence-electron chi connectivity index (χ0n) is 24.5. The monoisotopic (exact) mass is 592 g/mol. The number of oxazole rings is 1. The van der Waals surface area contributed by atoms with Crippen LogP contribution in [0.3, 0.4) is 0 Å². The van der Waals surface area contributed by atoms with Gasteiger partial charge in [0.2, 0.25) is 5.89 Å². The maximum atomic E-state index is 6.38. The van der Waals surface area contributed by atoms with Gasteiger partial charge in [-0.15, -0.1) is 0 Å². The van der Waals surface area contributed by atoms with E-state index in [0.717, 1.165) is 66.4 Å². The van der Waals surface area contributed by atoms with E-state index in [1.807, 2.05) is 115 Å². The molecular weight excluding hydrogens is 568 g/mol. The fourth-order valence-electron chi connectivity index (χ4n) is 5.90. The van der Waals surface area contributed by atoms with Gasteiger partial charge in [-0.3, -0.25) is 0 Å². The maximum absolute atomic E-state index is 6.38. The summed E-state index contributed by atoms with van der Waals surface area (Å²) in [5.41, 5.74) is 8.79. The molecule has 0 aliphatic rings. The lowest BCUT2D eigenvalue weighted by molar-refractivity contribution is 0.621. The van der Waals surface area contributed by atoms with Gasteiger partial charge in [0.05, 0.1) is 0 Å². The Morgan fingerprint density at radius 1 is 0.370 bits per heavy atom. The normalized spacial score (nSPS) is 11.5. The van der Waals surface area contributed by atoms with Crippen LogP contribution in [0, 0.1) is 0 Å². The number of hydrogen-bond donors (Lipinski definition) is 0. The van der Waals surface area contributed by atoms with E-state index in [4.69, 9.17) is 28.8 Å². The second-order valence-electron chi connectivity index (χ2n) is 11.1.